The molecule has 1 aromatic carbocycles. The average molecular weight is 204 g/mol. The van der Waals surface area contributed by atoms with Gasteiger partial charge in [-0.15, -0.1) is 0 Å². The van der Waals surface area contributed by atoms with Crippen molar-refractivity contribution in [2.45, 2.75) is 26.7 Å². The number of nitrogens with zero attached hydrogens (tertiary/aromatic N) is 1. The van der Waals surface area contributed by atoms with Crippen LogP contribution in [0.2, 0.25) is 0 Å². The van der Waals surface area contributed by atoms with Crippen LogP contribution in [-0.4, -0.2) is 13.1 Å². The molecular weight excluding hydrogens is 184 g/mol. The molecule has 82 valence electrons. The lowest BCUT2D eigenvalue weighted by atomic mass is 9.98. The van der Waals surface area contributed by atoms with Crippen molar-refractivity contribution in [3.05, 3.63) is 23.8 Å². The van der Waals surface area contributed by atoms with E-state index in [1.165, 1.54) is 37.2 Å². The second-order valence-electron chi connectivity index (χ2n) is 4.71. The zero-order chi connectivity index (χ0) is 10.8. The standard InChI is InChI=1S/C13H20N2/c1-10-5-7-15(8-6-10)12-4-3-11(2)13(14)9-12/h3-4,9-10H,5-8,14H2,1-2H3. The number of nitrogen functional groups attached to an aromatic ring is 1. The third kappa shape index (κ3) is 2.25. The Hall–Kier alpha value is -1.18. The molecule has 0 aromatic heterocycles. The number of anilines is 2. The van der Waals surface area contributed by atoms with Gasteiger partial charge in [0.25, 0.3) is 0 Å². The summed E-state index contributed by atoms with van der Waals surface area (Å²) in [5.74, 6) is 0.879. The number of hydrogen-bond donors (Lipinski definition) is 1. The third-order valence-electron chi connectivity index (χ3n) is 3.41. The molecule has 2 nitrogen and oxygen atoms in total. The number of aryl methyl sites for hydroxylation is 1. The smallest absolute Gasteiger partial charge is 0.0387 e. The molecule has 2 N–H and O–H groups in total. The molecule has 0 unspecified atom stereocenters. The summed E-state index contributed by atoms with van der Waals surface area (Å²) >= 11 is 0. The first-order chi connectivity index (χ1) is 7.16. The summed E-state index contributed by atoms with van der Waals surface area (Å²) in [5, 5.41) is 0. The minimum absolute atomic E-state index is 0.879. The Morgan fingerprint density at radius 2 is 1.93 bits per heavy atom. The number of nitrogens with two attached hydrogens (primary N) is 1. The summed E-state index contributed by atoms with van der Waals surface area (Å²) in [6.45, 7) is 6.73. The van der Waals surface area contributed by atoms with Crippen molar-refractivity contribution >= 4 is 11.4 Å². The van der Waals surface area contributed by atoms with E-state index in [4.69, 9.17) is 5.73 Å². The van der Waals surface area contributed by atoms with Crippen LogP contribution < -0.4 is 10.6 Å². The van der Waals surface area contributed by atoms with Crippen molar-refractivity contribution in [2.24, 2.45) is 5.92 Å². The second kappa shape index (κ2) is 4.13. The van der Waals surface area contributed by atoms with Gasteiger partial charge in [0.2, 0.25) is 0 Å². The van der Waals surface area contributed by atoms with Crippen molar-refractivity contribution < 1.29 is 0 Å². The van der Waals surface area contributed by atoms with E-state index in [1.807, 2.05) is 0 Å². The number of piperidine rings is 1. The lowest BCUT2D eigenvalue weighted by Crippen LogP contribution is -2.32. The van der Waals surface area contributed by atoms with E-state index in [2.05, 4.69) is 36.9 Å². The Labute approximate surface area is 92.1 Å². The summed E-state index contributed by atoms with van der Waals surface area (Å²) in [7, 11) is 0. The minimum atomic E-state index is 0.879. The molecule has 0 amide bonds. The molecule has 1 aliphatic heterocycles. The van der Waals surface area contributed by atoms with Crippen molar-refractivity contribution in [3.63, 3.8) is 0 Å². The highest BCUT2D eigenvalue weighted by atomic mass is 15.1. The lowest BCUT2D eigenvalue weighted by Gasteiger charge is -2.32. The van der Waals surface area contributed by atoms with Crippen LogP contribution in [0.5, 0.6) is 0 Å². The van der Waals surface area contributed by atoms with Crippen LogP contribution >= 0.6 is 0 Å². The fraction of sp³-hybridized carbons (Fsp3) is 0.538. The first-order valence-corrected chi connectivity index (χ1v) is 5.78. The van der Waals surface area contributed by atoms with Gasteiger partial charge in [-0.05, 0) is 43.4 Å². The summed E-state index contributed by atoms with van der Waals surface area (Å²) in [5.41, 5.74) is 9.29. The molecule has 2 heteroatoms. The summed E-state index contributed by atoms with van der Waals surface area (Å²) in [6.07, 6.45) is 2.60. The van der Waals surface area contributed by atoms with E-state index < -0.39 is 0 Å². The van der Waals surface area contributed by atoms with Crippen LogP contribution in [-0.2, 0) is 0 Å². The zero-order valence-corrected chi connectivity index (χ0v) is 9.66. The fourth-order valence-corrected chi connectivity index (χ4v) is 2.09. The maximum Gasteiger partial charge on any atom is 0.0387 e. The Morgan fingerprint density at radius 3 is 2.53 bits per heavy atom. The van der Waals surface area contributed by atoms with E-state index in [9.17, 15) is 0 Å². The number of hydrogen-bond acceptors (Lipinski definition) is 2. The lowest BCUT2D eigenvalue weighted by molar-refractivity contribution is 0.438. The van der Waals surface area contributed by atoms with Crippen LogP contribution in [0.15, 0.2) is 18.2 Å². The van der Waals surface area contributed by atoms with Gasteiger partial charge in [0.05, 0.1) is 0 Å². The Bertz CT molecular complexity index is 338. The first kappa shape index (κ1) is 10.3. The monoisotopic (exact) mass is 204 g/mol. The van der Waals surface area contributed by atoms with E-state index in [0.29, 0.717) is 0 Å². The van der Waals surface area contributed by atoms with Gasteiger partial charge in [-0.2, -0.15) is 0 Å². The predicted molar refractivity (Wildman–Crippen MR) is 66.2 cm³/mol. The molecule has 0 radical (unpaired) electrons. The molecule has 1 aromatic rings. The van der Waals surface area contributed by atoms with Crippen molar-refractivity contribution in [1.82, 2.24) is 0 Å². The van der Waals surface area contributed by atoms with Crippen LogP contribution in [0.3, 0.4) is 0 Å². The molecular formula is C13H20N2. The van der Waals surface area contributed by atoms with E-state index in [0.717, 1.165) is 11.6 Å². The molecule has 0 bridgehead atoms. The van der Waals surface area contributed by atoms with Crippen molar-refractivity contribution in [2.75, 3.05) is 23.7 Å². The molecule has 0 atom stereocenters. The highest BCUT2D eigenvalue weighted by molar-refractivity contribution is 5.59. The van der Waals surface area contributed by atoms with Crippen LogP contribution in [0.1, 0.15) is 25.3 Å². The number of benzene rings is 1. The number of rotatable bonds is 1. The average Bonchev–Trinajstić information content (AvgIpc) is 2.23. The summed E-state index contributed by atoms with van der Waals surface area (Å²) < 4.78 is 0. The maximum atomic E-state index is 5.93. The summed E-state index contributed by atoms with van der Waals surface area (Å²) in [4.78, 5) is 2.44. The van der Waals surface area contributed by atoms with Gasteiger partial charge in [-0.3, -0.25) is 0 Å². The summed E-state index contributed by atoms with van der Waals surface area (Å²) in [6, 6.07) is 6.40. The molecule has 1 fully saturated rings. The SMILES string of the molecule is Cc1ccc(N2CCC(C)CC2)cc1N. The largest absolute Gasteiger partial charge is 0.398 e. The Morgan fingerprint density at radius 1 is 1.27 bits per heavy atom. The van der Waals surface area contributed by atoms with Crippen molar-refractivity contribution in [1.29, 1.82) is 0 Å². The highest BCUT2D eigenvalue weighted by Crippen LogP contribution is 2.25. The topological polar surface area (TPSA) is 29.3 Å². The maximum absolute atomic E-state index is 5.93. The zero-order valence-electron chi connectivity index (χ0n) is 9.66. The predicted octanol–water partition coefficient (Wildman–Crippen LogP) is 2.81. The molecule has 0 spiro atoms. The molecule has 15 heavy (non-hydrogen) atoms. The molecule has 0 aliphatic carbocycles. The second-order valence-corrected chi connectivity index (χ2v) is 4.71. The van der Waals surface area contributed by atoms with Crippen LogP contribution in [0.4, 0.5) is 11.4 Å². The molecule has 2 rings (SSSR count). The molecule has 1 aliphatic rings. The third-order valence-corrected chi connectivity index (χ3v) is 3.41. The quantitative estimate of drug-likeness (QED) is 0.713. The van der Waals surface area contributed by atoms with Gasteiger partial charge < -0.3 is 10.6 Å². The van der Waals surface area contributed by atoms with E-state index in [-0.39, 0.29) is 0 Å². The Balaban J connectivity index is 2.12. The van der Waals surface area contributed by atoms with Gasteiger partial charge in [-0.25, -0.2) is 0 Å². The first-order valence-electron chi connectivity index (χ1n) is 5.78. The van der Waals surface area contributed by atoms with Gasteiger partial charge in [0, 0.05) is 24.5 Å². The molecule has 0 saturated carbocycles. The van der Waals surface area contributed by atoms with Gasteiger partial charge >= 0.3 is 0 Å². The minimum Gasteiger partial charge on any atom is -0.398 e. The molecule has 1 saturated heterocycles. The highest BCUT2D eigenvalue weighted by Gasteiger charge is 2.16. The Kier molecular flexibility index (Phi) is 2.85. The van der Waals surface area contributed by atoms with Gasteiger partial charge in [0.1, 0.15) is 0 Å². The molecule has 1 heterocycles. The van der Waals surface area contributed by atoms with E-state index >= 15 is 0 Å². The normalized spacial score (nSPS) is 18.1. The van der Waals surface area contributed by atoms with E-state index in [1.54, 1.807) is 0 Å². The van der Waals surface area contributed by atoms with Gasteiger partial charge in [-0.1, -0.05) is 13.0 Å². The van der Waals surface area contributed by atoms with Crippen LogP contribution in [0, 0.1) is 12.8 Å². The fourth-order valence-electron chi connectivity index (χ4n) is 2.09. The van der Waals surface area contributed by atoms with Crippen LogP contribution in [0.25, 0.3) is 0 Å². The van der Waals surface area contributed by atoms with Crippen molar-refractivity contribution in [3.8, 4) is 0 Å². The van der Waals surface area contributed by atoms with Gasteiger partial charge in [0.15, 0.2) is 0 Å².